The van der Waals surface area contributed by atoms with Gasteiger partial charge in [-0.2, -0.15) is 0 Å². The van der Waals surface area contributed by atoms with Crippen LogP contribution in [-0.2, 0) is 11.2 Å². The zero-order chi connectivity index (χ0) is 13.2. The maximum atomic E-state index is 5.72. The van der Waals surface area contributed by atoms with Gasteiger partial charge in [0.1, 0.15) is 0 Å². The van der Waals surface area contributed by atoms with E-state index in [2.05, 4.69) is 52.9 Å². The number of halogens is 1. The highest BCUT2D eigenvalue weighted by Gasteiger charge is 2.31. The minimum absolute atomic E-state index is 0.0371. The highest BCUT2D eigenvalue weighted by atomic mass is 79.9. The van der Waals surface area contributed by atoms with E-state index >= 15 is 0 Å². The molecule has 1 fully saturated rings. The second kappa shape index (κ2) is 5.59. The molecule has 0 spiro atoms. The molecule has 1 heterocycles. The molecule has 0 radical (unpaired) electrons. The Kier molecular flexibility index (Phi) is 4.30. The highest BCUT2D eigenvalue weighted by Crippen LogP contribution is 2.31. The molecule has 2 N–H and O–H groups in total. The van der Waals surface area contributed by atoms with Crippen molar-refractivity contribution < 1.29 is 4.74 Å². The maximum Gasteiger partial charge on any atom is 0.0694 e. The summed E-state index contributed by atoms with van der Waals surface area (Å²) >= 11 is 3.53. The summed E-state index contributed by atoms with van der Waals surface area (Å²) in [4.78, 5) is 2.44. The van der Waals surface area contributed by atoms with Gasteiger partial charge in [0.15, 0.2) is 0 Å². The summed E-state index contributed by atoms with van der Waals surface area (Å²) < 4.78 is 6.70. The van der Waals surface area contributed by atoms with Crippen LogP contribution in [-0.4, -0.2) is 31.8 Å². The first-order chi connectivity index (χ1) is 8.54. The van der Waals surface area contributed by atoms with Crippen LogP contribution in [0.4, 0.5) is 5.69 Å². The fourth-order valence-electron chi connectivity index (χ4n) is 2.48. The molecule has 1 saturated heterocycles. The van der Waals surface area contributed by atoms with Crippen molar-refractivity contribution in [3.63, 3.8) is 0 Å². The van der Waals surface area contributed by atoms with E-state index in [0.29, 0.717) is 6.54 Å². The number of nitrogens with zero attached hydrogens (tertiary/aromatic N) is 1. The van der Waals surface area contributed by atoms with Gasteiger partial charge < -0.3 is 15.4 Å². The normalized spacial score (nSPS) is 19.0. The van der Waals surface area contributed by atoms with Crippen LogP contribution >= 0.6 is 15.9 Å². The fourth-order valence-corrected chi connectivity index (χ4v) is 2.89. The number of hydrogen-bond donors (Lipinski definition) is 1. The van der Waals surface area contributed by atoms with Gasteiger partial charge in [-0.05, 0) is 50.6 Å². The molecule has 1 aromatic rings. The Morgan fingerprint density at radius 2 is 2.22 bits per heavy atom. The number of morpholine rings is 1. The molecule has 0 aliphatic carbocycles. The molecule has 0 amide bonds. The second-order valence-electron chi connectivity index (χ2n) is 5.33. The van der Waals surface area contributed by atoms with Crippen molar-refractivity contribution in [2.45, 2.75) is 25.8 Å². The van der Waals surface area contributed by atoms with Gasteiger partial charge in [0.2, 0.25) is 0 Å². The van der Waals surface area contributed by atoms with Gasteiger partial charge in [0.05, 0.1) is 18.8 Å². The Labute approximate surface area is 117 Å². The van der Waals surface area contributed by atoms with Crippen molar-refractivity contribution >= 4 is 21.6 Å². The summed E-state index contributed by atoms with van der Waals surface area (Å²) in [6, 6.07) is 6.46. The monoisotopic (exact) mass is 312 g/mol. The molecule has 1 aromatic carbocycles. The summed E-state index contributed by atoms with van der Waals surface area (Å²) in [5.74, 6) is 0. The molecule has 4 heteroatoms. The molecule has 2 rings (SSSR count). The summed E-state index contributed by atoms with van der Waals surface area (Å²) in [7, 11) is 0. The summed E-state index contributed by atoms with van der Waals surface area (Å²) in [5.41, 5.74) is 8.35. The van der Waals surface area contributed by atoms with Crippen LogP contribution in [0.15, 0.2) is 22.7 Å². The standard InChI is InChI=1S/C14H21BrN2O/c1-14(2)10-18-8-7-17(14)13-4-3-12(15)9-11(13)5-6-16/h3-4,9H,5-8,10,16H2,1-2H3. The third kappa shape index (κ3) is 2.87. The zero-order valence-electron chi connectivity index (χ0n) is 11.1. The average Bonchev–Trinajstić information content (AvgIpc) is 2.30. The lowest BCUT2D eigenvalue weighted by Gasteiger charge is -2.44. The molecule has 3 nitrogen and oxygen atoms in total. The second-order valence-corrected chi connectivity index (χ2v) is 6.24. The lowest BCUT2D eigenvalue weighted by atomic mass is 9.99. The number of rotatable bonds is 3. The number of nitrogens with two attached hydrogens (primary N) is 1. The van der Waals surface area contributed by atoms with Crippen molar-refractivity contribution in [2.24, 2.45) is 5.73 Å². The van der Waals surface area contributed by atoms with E-state index in [1.54, 1.807) is 0 Å². The smallest absolute Gasteiger partial charge is 0.0694 e. The molecule has 1 aliphatic rings. The van der Waals surface area contributed by atoms with Crippen LogP contribution in [0.25, 0.3) is 0 Å². The van der Waals surface area contributed by atoms with Crippen LogP contribution < -0.4 is 10.6 Å². The van der Waals surface area contributed by atoms with E-state index in [4.69, 9.17) is 10.5 Å². The Morgan fingerprint density at radius 3 is 2.89 bits per heavy atom. The Morgan fingerprint density at radius 1 is 1.44 bits per heavy atom. The lowest BCUT2D eigenvalue weighted by molar-refractivity contribution is 0.0643. The van der Waals surface area contributed by atoms with Crippen LogP contribution in [0, 0.1) is 0 Å². The number of hydrogen-bond acceptors (Lipinski definition) is 3. The van der Waals surface area contributed by atoms with Crippen LogP contribution in [0.1, 0.15) is 19.4 Å². The van der Waals surface area contributed by atoms with Crippen LogP contribution in [0.5, 0.6) is 0 Å². The molecule has 0 unspecified atom stereocenters. The third-order valence-corrected chi connectivity index (χ3v) is 3.88. The fraction of sp³-hybridized carbons (Fsp3) is 0.571. The summed E-state index contributed by atoms with van der Waals surface area (Å²) in [5, 5.41) is 0. The van der Waals surface area contributed by atoms with E-state index in [9.17, 15) is 0 Å². The van der Waals surface area contributed by atoms with E-state index in [-0.39, 0.29) is 5.54 Å². The first-order valence-electron chi connectivity index (χ1n) is 6.38. The van der Waals surface area contributed by atoms with E-state index < -0.39 is 0 Å². The van der Waals surface area contributed by atoms with Crippen molar-refractivity contribution in [3.8, 4) is 0 Å². The predicted octanol–water partition coefficient (Wildman–Crippen LogP) is 2.57. The molecule has 18 heavy (non-hydrogen) atoms. The molecule has 0 aromatic heterocycles. The Bertz CT molecular complexity index is 420. The molecular weight excluding hydrogens is 292 g/mol. The highest BCUT2D eigenvalue weighted by molar-refractivity contribution is 9.10. The van der Waals surface area contributed by atoms with Gasteiger partial charge in [-0.3, -0.25) is 0 Å². The first-order valence-corrected chi connectivity index (χ1v) is 7.18. The van der Waals surface area contributed by atoms with Crippen LogP contribution in [0.3, 0.4) is 0 Å². The quantitative estimate of drug-likeness (QED) is 0.932. The topological polar surface area (TPSA) is 38.5 Å². The molecule has 100 valence electrons. The predicted molar refractivity (Wildman–Crippen MR) is 79.1 cm³/mol. The average molecular weight is 313 g/mol. The van der Waals surface area contributed by atoms with Gasteiger partial charge >= 0.3 is 0 Å². The van der Waals surface area contributed by atoms with Crippen molar-refractivity contribution in [1.82, 2.24) is 0 Å². The van der Waals surface area contributed by atoms with Crippen LogP contribution in [0.2, 0.25) is 0 Å². The first kappa shape index (κ1) is 13.8. The largest absolute Gasteiger partial charge is 0.377 e. The molecule has 0 bridgehead atoms. The Hall–Kier alpha value is -0.580. The van der Waals surface area contributed by atoms with Gasteiger partial charge in [0.25, 0.3) is 0 Å². The van der Waals surface area contributed by atoms with Crippen molar-refractivity contribution in [3.05, 3.63) is 28.2 Å². The van der Waals surface area contributed by atoms with E-state index in [0.717, 1.165) is 30.7 Å². The number of benzene rings is 1. The van der Waals surface area contributed by atoms with Crippen molar-refractivity contribution in [1.29, 1.82) is 0 Å². The Balaban J connectivity index is 2.36. The number of anilines is 1. The number of ether oxygens (including phenoxy) is 1. The minimum Gasteiger partial charge on any atom is -0.377 e. The lowest BCUT2D eigenvalue weighted by Crippen LogP contribution is -2.53. The van der Waals surface area contributed by atoms with Gasteiger partial charge in [-0.1, -0.05) is 15.9 Å². The van der Waals surface area contributed by atoms with Gasteiger partial charge in [0, 0.05) is 16.7 Å². The van der Waals surface area contributed by atoms with Crippen molar-refractivity contribution in [2.75, 3.05) is 31.2 Å². The van der Waals surface area contributed by atoms with Gasteiger partial charge in [-0.25, -0.2) is 0 Å². The molecule has 1 aliphatic heterocycles. The molecule has 0 saturated carbocycles. The summed E-state index contributed by atoms with van der Waals surface area (Å²) in [6.45, 7) is 7.62. The summed E-state index contributed by atoms with van der Waals surface area (Å²) in [6.07, 6.45) is 0.905. The minimum atomic E-state index is 0.0371. The van der Waals surface area contributed by atoms with Gasteiger partial charge in [-0.15, -0.1) is 0 Å². The molecular formula is C14H21BrN2O. The third-order valence-electron chi connectivity index (χ3n) is 3.39. The SMILES string of the molecule is CC1(C)COCCN1c1ccc(Br)cc1CCN. The zero-order valence-corrected chi connectivity index (χ0v) is 12.7. The van der Waals surface area contributed by atoms with E-state index in [1.165, 1.54) is 11.3 Å². The maximum absolute atomic E-state index is 5.72. The molecule has 0 atom stereocenters. The van der Waals surface area contributed by atoms with E-state index in [1.807, 2.05) is 0 Å².